The van der Waals surface area contributed by atoms with Crippen molar-refractivity contribution in [3.63, 3.8) is 0 Å². The number of amides is 1. The molecule has 1 saturated carbocycles. The molecule has 1 aliphatic carbocycles. The second-order valence-corrected chi connectivity index (χ2v) is 5.84. The summed E-state index contributed by atoms with van der Waals surface area (Å²) < 4.78 is 0. The molecule has 2 rings (SSSR count). The van der Waals surface area contributed by atoms with Crippen molar-refractivity contribution in [1.82, 2.24) is 10.2 Å². The van der Waals surface area contributed by atoms with Gasteiger partial charge in [-0.05, 0) is 39.0 Å². The van der Waals surface area contributed by atoms with Crippen molar-refractivity contribution in [2.75, 3.05) is 13.1 Å². The average Bonchev–Trinajstić information content (AvgIpc) is 2.90. The zero-order chi connectivity index (χ0) is 12.3. The average molecular weight is 238 g/mol. The standard InChI is InChI=1S/C14H26N2O/c1-11(10-16-9-5-8-14(16)17)15-12(2)13-6-3-4-7-13/h11-13,15H,3-10H2,1-2H3. The van der Waals surface area contributed by atoms with Crippen molar-refractivity contribution < 1.29 is 4.79 Å². The first-order chi connectivity index (χ1) is 8.16. The third-order valence-electron chi connectivity index (χ3n) is 4.32. The van der Waals surface area contributed by atoms with Crippen molar-refractivity contribution in [3.05, 3.63) is 0 Å². The highest BCUT2D eigenvalue weighted by atomic mass is 16.2. The Hall–Kier alpha value is -0.570. The molecule has 1 saturated heterocycles. The smallest absolute Gasteiger partial charge is 0.222 e. The van der Waals surface area contributed by atoms with Gasteiger partial charge in [-0.3, -0.25) is 4.79 Å². The summed E-state index contributed by atoms with van der Waals surface area (Å²) in [6, 6.07) is 1.03. The third kappa shape index (κ3) is 3.44. The van der Waals surface area contributed by atoms with Crippen LogP contribution in [0.2, 0.25) is 0 Å². The van der Waals surface area contributed by atoms with Crippen LogP contribution >= 0.6 is 0 Å². The minimum atomic E-state index is 0.340. The molecule has 3 heteroatoms. The Bertz CT molecular complexity index is 261. The summed E-state index contributed by atoms with van der Waals surface area (Å²) >= 11 is 0. The van der Waals surface area contributed by atoms with Crippen LogP contribution in [-0.2, 0) is 4.79 Å². The largest absolute Gasteiger partial charge is 0.341 e. The zero-order valence-electron chi connectivity index (χ0n) is 11.2. The van der Waals surface area contributed by atoms with Gasteiger partial charge < -0.3 is 10.2 Å². The molecule has 1 aliphatic heterocycles. The summed E-state index contributed by atoms with van der Waals surface area (Å²) in [6.07, 6.45) is 7.35. The number of hydrogen-bond acceptors (Lipinski definition) is 2. The van der Waals surface area contributed by atoms with Gasteiger partial charge in [-0.2, -0.15) is 0 Å². The lowest BCUT2D eigenvalue weighted by Gasteiger charge is -2.27. The molecular formula is C14H26N2O. The molecule has 0 aromatic heterocycles. The molecule has 0 spiro atoms. The Kier molecular flexibility index (Phi) is 4.43. The molecule has 2 aliphatic rings. The Morgan fingerprint density at radius 2 is 2.00 bits per heavy atom. The number of rotatable bonds is 5. The van der Waals surface area contributed by atoms with E-state index < -0.39 is 0 Å². The van der Waals surface area contributed by atoms with Crippen LogP contribution in [0, 0.1) is 5.92 Å². The summed E-state index contributed by atoms with van der Waals surface area (Å²) in [7, 11) is 0. The Balaban J connectivity index is 1.72. The second kappa shape index (κ2) is 5.85. The predicted molar refractivity (Wildman–Crippen MR) is 69.8 cm³/mol. The number of carbonyl (C=O) groups is 1. The highest BCUT2D eigenvalue weighted by Gasteiger charge is 2.25. The molecule has 0 bridgehead atoms. The quantitative estimate of drug-likeness (QED) is 0.796. The van der Waals surface area contributed by atoms with Gasteiger partial charge in [0.15, 0.2) is 0 Å². The Labute approximate surface area is 105 Å². The maximum atomic E-state index is 11.5. The third-order valence-corrected chi connectivity index (χ3v) is 4.32. The van der Waals surface area contributed by atoms with Gasteiger partial charge in [-0.15, -0.1) is 0 Å². The van der Waals surface area contributed by atoms with Gasteiger partial charge in [0.1, 0.15) is 0 Å². The lowest BCUT2D eigenvalue weighted by Crippen LogP contribution is -2.45. The first-order valence-electron chi connectivity index (χ1n) is 7.20. The molecule has 1 heterocycles. The van der Waals surface area contributed by atoms with E-state index >= 15 is 0 Å². The maximum absolute atomic E-state index is 11.5. The molecule has 2 unspecified atom stereocenters. The van der Waals surface area contributed by atoms with Gasteiger partial charge >= 0.3 is 0 Å². The predicted octanol–water partition coefficient (Wildman–Crippen LogP) is 2.17. The van der Waals surface area contributed by atoms with Crippen molar-refractivity contribution in [2.45, 2.75) is 64.5 Å². The Morgan fingerprint density at radius 3 is 2.59 bits per heavy atom. The second-order valence-electron chi connectivity index (χ2n) is 5.84. The van der Waals surface area contributed by atoms with Gasteiger partial charge in [0.05, 0.1) is 0 Å². The molecule has 0 aromatic carbocycles. The summed E-state index contributed by atoms with van der Waals surface area (Å²) in [5.41, 5.74) is 0. The molecule has 0 aromatic rings. The molecule has 2 atom stereocenters. The van der Waals surface area contributed by atoms with E-state index in [1.54, 1.807) is 0 Å². The molecule has 17 heavy (non-hydrogen) atoms. The molecular weight excluding hydrogens is 212 g/mol. The maximum Gasteiger partial charge on any atom is 0.222 e. The van der Waals surface area contributed by atoms with E-state index in [1.807, 2.05) is 4.90 Å². The topological polar surface area (TPSA) is 32.3 Å². The molecule has 3 nitrogen and oxygen atoms in total. The van der Waals surface area contributed by atoms with E-state index in [4.69, 9.17) is 0 Å². The van der Waals surface area contributed by atoms with Crippen molar-refractivity contribution in [1.29, 1.82) is 0 Å². The lowest BCUT2D eigenvalue weighted by atomic mass is 9.99. The number of carbonyl (C=O) groups excluding carboxylic acids is 1. The Morgan fingerprint density at radius 1 is 1.29 bits per heavy atom. The molecule has 98 valence electrons. The van der Waals surface area contributed by atoms with E-state index in [0.29, 0.717) is 18.0 Å². The lowest BCUT2D eigenvalue weighted by molar-refractivity contribution is -0.128. The highest BCUT2D eigenvalue weighted by Crippen LogP contribution is 2.27. The summed E-state index contributed by atoms with van der Waals surface area (Å²) in [5, 5.41) is 3.68. The summed E-state index contributed by atoms with van der Waals surface area (Å²) in [4.78, 5) is 13.6. The van der Waals surface area contributed by atoms with Crippen molar-refractivity contribution in [3.8, 4) is 0 Å². The van der Waals surface area contributed by atoms with Crippen LogP contribution in [0.25, 0.3) is 0 Å². The normalized spacial score (nSPS) is 25.5. The van der Waals surface area contributed by atoms with Gasteiger partial charge in [0.2, 0.25) is 5.91 Å². The molecule has 0 radical (unpaired) electrons. The van der Waals surface area contributed by atoms with Gasteiger partial charge in [0.25, 0.3) is 0 Å². The van der Waals surface area contributed by atoms with E-state index in [9.17, 15) is 4.79 Å². The van der Waals surface area contributed by atoms with Crippen LogP contribution in [-0.4, -0.2) is 36.0 Å². The van der Waals surface area contributed by atoms with Crippen molar-refractivity contribution in [2.24, 2.45) is 5.92 Å². The van der Waals surface area contributed by atoms with Crippen LogP contribution in [0.5, 0.6) is 0 Å². The van der Waals surface area contributed by atoms with Crippen LogP contribution in [0.3, 0.4) is 0 Å². The van der Waals surface area contributed by atoms with Crippen LogP contribution in [0.1, 0.15) is 52.4 Å². The SMILES string of the molecule is CC(CN1CCCC1=O)NC(C)C1CCCC1. The van der Waals surface area contributed by atoms with E-state index in [-0.39, 0.29) is 0 Å². The van der Waals surface area contributed by atoms with Crippen LogP contribution in [0.4, 0.5) is 0 Å². The number of hydrogen-bond donors (Lipinski definition) is 1. The van der Waals surface area contributed by atoms with E-state index in [2.05, 4.69) is 19.2 Å². The fraction of sp³-hybridized carbons (Fsp3) is 0.929. The monoisotopic (exact) mass is 238 g/mol. The van der Waals surface area contributed by atoms with E-state index in [0.717, 1.165) is 31.8 Å². The van der Waals surface area contributed by atoms with Crippen LogP contribution in [0.15, 0.2) is 0 Å². The minimum absolute atomic E-state index is 0.340. The number of nitrogens with one attached hydrogen (secondary N) is 1. The zero-order valence-corrected chi connectivity index (χ0v) is 11.2. The molecule has 1 amide bonds. The van der Waals surface area contributed by atoms with Crippen LogP contribution < -0.4 is 5.32 Å². The van der Waals surface area contributed by atoms with Crippen molar-refractivity contribution >= 4 is 5.91 Å². The summed E-state index contributed by atoms with van der Waals surface area (Å²) in [6.45, 7) is 6.36. The molecule has 1 N–H and O–H groups in total. The molecule has 2 fully saturated rings. The highest BCUT2D eigenvalue weighted by molar-refractivity contribution is 5.78. The number of likely N-dealkylation sites (tertiary alicyclic amines) is 1. The fourth-order valence-electron chi connectivity index (χ4n) is 3.32. The summed E-state index contributed by atoms with van der Waals surface area (Å²) in [5.74, 6) is 1.19. The minimum Gasteiger partial charge on any atom is -0.341 e. The van der Waals surface area contributed by atoms with E-state index in [1.165, 1.54) is 25.7 Å². The van der Waals surface area contributed by atoms with Gasteiger partial charge in [0, 0.05) is 31.6 Å². The fourth-order valence-corrected chi connectivity index (χ4v) is 3.32. The first-order valence-corrected chi connectivity index (χ1v) is 7.20. The first kappa shape index (κ1) is 12.9. The van der Waals surface area contributed by atoms with Gasteiger partial charge in [-0.1, -0.05) is 12.8 Å². The number of nitrogens with zero attached hydrogens (tertiary/aromatic N) is 1. The van der Waals surface area contributed by atoms with Gasteiger partial charge in [-0.25, -0.2) is 0 Å².